The van der Waals surface area contributed by atoms with Crippen molar-refractivity contribution in [3.63, 3.8) is 0 Å². The molecule has 0 bridgehead atoms. The summed E-state index contributed by atoms with van der Waals surface area (Å²) >= 11 is 0. The Morgan fingerprint density at radius 3 is 2.90 bits per heavy atom. The van der Waals surface area contributed by atoms with Crippen molar-refractivity contribution in [2.24, 2.45) is 0 Å². The predicted molar refractivity (Wildman–Crippen MR) is 76.4 cm³/mol. The Morgan fingerprint density at radius 1 is 1.35 bits per heavy atom. The lowest BCUT2D eigenvalue weighted by atomic mass is 9.98. The number of nitrogens with zero attached hydrogens (tertiary/aromatic N) is 2. The van der Waals surface area contributed by atoms with Gasteiger partial charge in [0.25, 0.3) is 5.56 Å². The van der Waals surface area contributed by atoms with Gasteiger partial charge in [-0.2, -0.15) is 0 Å². The second kappa shape index (κ2) is 6.22. The van der Waals surface area contributed by atoms with Crippen molar-refractivity contribution in [1.82, 2.24) is 9.47 Å². The van der Waals surface area contributed by atoms with Gasteiger partial charge in [-0.3, -0.25) is 9.59 Å². The summed E-state index contributed by atoms with van der Waals surface area (Å²) in [7, 11) is 0. The fraction of sp³-hybridized carbons (Fsp3) is 0.600. The van der Waals surface area contributed by atoms with Crippen molar-refractivity contribution in [1.29, 1.82) is 0 Å². The highest BCUT2D eigenvalue weighted by atomic mass is 16.3. The van der Waals surface area contributed by atoms with Gasteiger partial charge in [-0.05, 0) is 32.3 Å². The van der Waals surface area contributed by atoms with Gasteiger partial charge in [-0.1, -0.05) is 6.07 Å². The smallest absolute Gasteiger partial charge is 0.250 e. The zero-order valence-electron chi connectivity index (χ0n) is 11.9. The van der Waals surface area contributed by atoms with Gasteiger partial charge < -0.3 is 14.6 Å². The SMILES string of the molecule is CC1(O)CCCN(C(=O)CCn2ccccc2=O)CC1. The van der Waals surface area contributed by atoms with E-state index in [9.17, 15) is 14.7 Å². The first kappa shape index (κ1) is 14.8. The van der Waals surface area contributed by atoms with Crippen molar-refractivity contribution >= 4 is 5.91 Å². The molecule has 1 N–H and O–H groups in total. The molecule has 2 heterocycles. The van der Waals surface area contributed by atoms with Crippen molar-refractivity contribution in [2.75, 3.05) is 13.1 Å². The first-order valence-electron chi connectivity index (χ1n) is 7.14. The molecule has 1 amide bonds. The lowest BCUT2D eigenvalue weighted by Gasteiger charge is -2.22. The maximum atomic E-state index is 12.2. The number of amides is 1. The molecule has 110 valence electrons. The summed E-state index contributed by atoms with van der Waals surface area (Å²) in [6.07, 6.45) is 4.19. The van der Waals surface area contributed by atoms with Crippen molar-refractivity contribution < 1.29 is 9.90 Å². The highest BCUT2D eigenvalue weighted by molar-refractivity contribution is 5.76. The Labute approximate surface area is 118 Å². The number of carbonyl (C=O) groups is 1. The van der Waals surface area contributed by atoms with Crippen LogP contribution in [0.1, 0.15) is 32.6 Å². The highest BCUT2D eigenvalue weighted by Crippen LogP contribution is 2.21. The Kier molecular flexibility index (Phi) is 4.60. The summed E-state index contributed by atoms with van der Waals surface area (Å²) in [6, 6.07) is 4.97. The standard InChI is InChI=1S/C15H22N2O3/c1-15(20)7-4-10-17(12-8-15)14(19)6-11-16-9-3-2-5-13(16)18/h2-3,5,9,20H,4,6-8,10-12H2,1H3. The molecular weight excluding hydrogens is 256 g/mol. The van der Waals surface area contributed by atoms with Crippen LogP contribution in [0.3, 0.4) is 0 Å². The molecule has 0 radical (unpaired) electrons. The van der Waals surface area contributed by atoms with E-state index >= 15 is 0 Å². The van der Waals surface area contributed by atoms with Crippen LogP contribution in [0, 0.1) is 0 Å². The Hall–Kier alpha value is -1.62. The number of hydrogen-bond acceptors (Lipinski definition) is 3. The number of aromatic nitrogens is 1. The van der Waals surface area contributed by atoms with Crippen LogP contribution in [0.2, 0.25) is 0 Å². The van der Waals surface area contributed by atoms with Gasteiger partial charge in [0.15, 0.2) is 0 Å². The molecule has 0 spiro atoms. The molecule has 0 aliphatic carbocycles. The van der Waals surface area contributed by atoms with E-state index < -0.39 is 5.60 Å². The number of pyridine rings is 1. The van der Waals surface area contributed by atoms with Crippen LogP contribution in [0.25, 0.3) is 0 Å². The van der Waals surface area contributed by atoms with Crippen LogP contribution in [-0.4, -0.2) is 39.2 Å². The average Bonchev–Trinajstić information content (AvgIpc) is 2.58. The summed E-state index contributed by atoms with van der Waals surface area (Å²) in [5, 5.41) is 10.0. The molecule has 5 nitrogen and oxygen atoms in total. The fourth-order valence-corrected chi connectivity index (χ4v) is 2.53. The summed E-state index contributed by atoms with van der Waals surface area (Å²) in [5.74, 6) is 0.0541. The summed E-state index contributed by atoms with van der Waals surface area (Å²) < 4.78 is 1.55. The van der Waals surface area contributed by atoms with Gasteiger partial charge in [0.2, 0.25) is 5.91 Å². The Bertz CT molecular complexity index is 522. The minimum atomic E-state index is -0.661. The van der Waals surface area contributed by atoms with Crippen LogP contribution >= 0.6 is 0 Å². The van der Waals surface area contributed by atoms with Gasteiger partial charge in [0, 0.05) is 38.3 Å². The highest BCUT2D eigenvalue weighted by Gasteiger charge is 2.26. The molecule has 0 saturated carbocycles. The summed E-state index contributed by atoms with van der Waals surface area (Å²) in [5.41, 5.74) is -0.745. The number of aryl methyl sites for hydroxylation is 1. The minimum absolute atomic E-state index is 0.0541. The predicted octanol–water partition coefficient (Wildman–Crippen LogP) is 1.00. The third-order valence-electron chi connectivity index (χ3n) is 3.88. The van der Waals surface area contributed by atoms with Gasteiger partial charge >= 0.3 is 0 Å². The lowest BCUT2D eigenvalue weighted by molar-refractivity contribution is -0.131. The van der Waals surface area contributed by atoms with Crippen molar-refractivity contribution in [3.8, 4) is 0 Å². The molecule has 2 rings (SSSR count). The quantitative estimate of drug-likeness (QED) is 0.897. The van der Waals surface area contributed by atoms with E-state index in [1.165, 1.54) is 6.07 Å². The summed E-state index contributed by atoms with van der Waals surface area (Å²) in [4.78, 5) is 25.5. The molecule has 1 unspecified atom stereocenters. The third kappa shape index (κ3) is 3.93. The van der Waals surface area contributed by atoms with E-state index in [2.05, 4.69) is 0 Å². The third-order valence-corrected chi connectivity index (χ3v) is 3.88. The zero-order valence-corrected chi connectivity index (χ0v) is 11.9. The van der Waals surface area contributed by atoms with Crippen LogP contribution in [-0.2, 0) is 11.3 Å². The molecule has 1 aromatic rings. The first-order valence-corrected chi connectivity index (χ1v) is 7.14. The molecular formula is C15H22N2O3. The lowest BCUT2D eigenvalue weighted by Crippen LogP contribution is -2.34. The molecule has 1 saturated heterocycles. The van der Waals surface area contributed by atoms with Crippen molar-refractivity contribution in [3.05, 3.63) is 34.7 Å². The normalized spacial score (nSPS) is 23.4. The maximum Gasteiger partial charge on any atom is 0.250 e. The number of likely N-dealkylation sites (tertiary alicyclic amines) is 1. The number of aliphatic hydroxyl groups is 1. The molecule has 5 heteroatoms. The summed E-state index contributed by atoms with van der Waals surface area (Å²) in [6.45, 7) is 3.52. The molecule has 0 aromatic carbocycles. The number of hydrogen-bond donors (Lipinski definition) is 1. The Morgan fingerprint density at radius 2 is 2.15 bits per heavy atom. The molecule has 20 heavy (non-hydrogen) atoms. The fourth-order valence-electron chi connectivity index (χ4n) is 2.53. The van der Waals surface area contributed by atoms with E-state index in [1.807, 2.05) is 6.92 Å². The van der Waals surface area contributed by atoms with Gasteiger partial charge in [-0.15, -0.1) is 0 Å². The van der Waals surface area contributed by atoms with Crippen LogP contribution in [0.4, 0.5) is 0 Å². The zero-order chi connectivity index (χ0) is 14.6. The van der Waals surface area contributed by atoms with Crippen molar-refractivity contribution in [2.45, 2.75) is 44.8 Å². The topological polar surface area (TPSA) is 62.5 Å². The first-order chi connectivity index (χ1) is 9.48. The molecule has 1 aliphatic heterocycles. The largest absolute Gasteiger partial charge is 0.390 e. The van der Waals surface area contributed by atoms with E-state index in [4.69, 9.17) is 0 Å². The van der Waals surface area contributed by atoms with Crippen LogP contribution in [0.5, 0.6) is 0 Å². The average molecular weight is 278 g/mol. The monoisotopic (exact) mass is 278 g/mol. The molecule has 1 aliphatic rings. The van der Waals surface area contributed by atoms with Gasteiger partial charge in [-0.25, -0.2) is 0 Å². The molecule has 1 atom stereocenters. The number of carbonyl (C=O) groups excluding carboxylic acids is 1. The van der Waals surface area contributed by atoms with Gasteiger partial charge in [0.05, 0.1) is 5.60 Å². The molecule has 1 fully saturated rings. The van der Waals surface area contributed by atoms with Crippen LogP contribution in [0.15, 0.2) is 29.2 Å². The second-order valence-electron chi connectivity index (χ2n) is 5.71. The molecule has 1 aromatic heterocycles. The van der Waals surface area contributed by atoms with E-state index in [0.717, 1.165) is 12.8 Å². The van der Waals surface area contributed by atoms with E-state index in [0.29, 0.717) is 32.5 Å². The number of rotatable bonds is 3. The second-order valence-corrected chi connectivity index (χ2v) is 5.71. The maximum absolute atomic E-state index is 12.2. The van der Waals surface area contributed by atoms with Gasteiger partial charge in [0.1, 0.15) is 0 Å². The Balaban J connectivity index is 1.89. The van der Waals surface area contributed by atoms with E-state index in [1.54, 1.807) is 27.8 Å². The minimum Gasteiger partial charge on any atom is -0.390 e. The van der Waals surface area contributed by atoms with E-state index in [-0.39, 0.29) is 11.5 Å². The van der Waals surface area contributed by atoms with Crippen LogP contribution < -0.4 is 5.56 Å².